The zero-order valence-electron chi connectivity index (χ0n) is 6.64. The van der Waals surface area contributed by atoms with E-state index in [0.717, 1.165) is 5.25 Å². The third kappa shape index (κ3) is 2.96. The Balaban J connectivity index is 2.16. The molecule has 0 aliphatic heterocycles. The third-order valence-electron chi connectivity index (χ3n) is 2.29. The van der Waals surface area contributed by atoms with Crippen LogP contribution in [0, 0.1) is 6.26 Å². The van der Waals surface area contributed by atoms with Crippen molar-refractivity contribution in [1.29, 1.82) is 0 Å². The highest BCUT2D eigenvalue weighted by molar-refractivity contribution is 8.01. The molecule has 1 saturated carbocycles. The molecule has 59 valence electrons. The van der Waals surface area contributed by atoms with Gasteiger partial charge in [-0.1, -0.05) is 32.1 Å². The summed E-state index contributed by atoms with van der Waals surface area (Å²) in [7, 11) is 0. The lowest BCUT2D eigenvalue weighted by Crippen LogP contribution is -2.03. The van der Waals surface area contributed by atoms with E-state index in [1.807, 2.05) is 11.8 Å². The van der Waals surface area contributed by atoms with Crippen LogP contribution in [0.3, 0.4) is 0 Å². The Morgan fingerprint density at radius 1 is 0.900 bits per heavy atom. The van der Waals surface area contributed by atoms with Gasteiger partial charge in [-0.15, -0.1) is 0 Å². The van der Waals surface area contributed by atoms with Gasteiger partial charge in [0, 0.05) is 11.5 Å². The van der Waals surface area contributed by atoms with Gasteiger partial charge in [-0.3, -0.25) is 0 Å². The molecule has 1 aliphatic carbocycles. The van der Waals surface area contributed by atoms with E-state index in [9.17, 15) is 0 Å². The van der Waals surface area contributed by atoms with Crippen molar-refractivity contribution in [2.45, 2.75) is 50.2 Å². The Kier molecular flexibility index (Phi) is 4.27. The van der Waals surface area contributed by atoms with Crippen LogP contribution in [-0.2, 0) is 0 Å². The lowest BCUT2D eigenvalue weighted by Gasteiger charge is -2.16. The lowest BCUT2D eigenvalue weighted by atomic mass is 10.0. The third-order valence-corrected chi connectivity index (χ3v) is 3.23. The Hall–Kier alpha value is 0.350. The Labute approximate surface area is 68.8 Å². The van der Waals surface area contributed by atoms with Crippen molar-refractivity contribution in [3.63, 3.8) is 0 Å². The molecule has 0 heterocycles. The summed E-state index contributed by atoms with van der Waals surface area (Å²) in [5.41, 5.74) is 0. The summed E-state index contributed by atoms with van der Waals surface area (Å²) in [6, 6.07) is 0. The highest BCUT2D eigenvalue weighted by atomic mass is 32.2. The zero-order valence-corrected chi connectivity index (χ0v) is 7.46. The summed E-state index contributed by atoms with van der Waals surface area (Å²) in [6.07, 6.45) is 14.0. The summed E-state index contributed by atoms with van der Waals surface area (Å²) in [6.45, 7) is 0. The van der Waals surface area contributed by atoms with Gasteiger partial charge in [0.1, 0.15) is 0 Å². The van der Waals surface area contributed by atoms with Crippen molar-refractivity contribution in [2.75, 3.05) is 0 Å². The average molecular weight is 157 g/mol. The molecular weight excluding hydrogens is 140 g/mol. The van der Waals surface area contributed by atoms with Crippen LogP contribution < -0.4 is 0 Å². The molecule has 1 fully saturated rings. The van der Waals surface area contributed by atoms with Gasteiger partial charge < -0.3 is 0 Å². The maximum Gasteiger partial charge on any atom is 0.00473 e. The van der Waals surface area contributed by atoms with Crippen LogP contribution in [-0.4, -0.2) is 5.25 Å². The van der Waals surface area contributed by atoms with E-state index in [2.05, 4.69) is 6.26 Å². The maximum atomic E-state index is 3.90. The molecule has 1 radical (unpaired) electrons. The highest BCUT2D eigenvalue weighted by Gasteiger charge is 2.08. The van der Waals surface area contributed by atoms with Crippen LogP contribution in [0.15, 0.2) is 0 Å². The van der Waals surface area contributed by atoms with Crippen LogP contribution in [0.4, 0.5) is 0 Å². The van der Waals surface area contributed by atoms with Crippen LogP contribution in [0.25, 0.3) is 0 Å². The van der Waals surface area contributed by atoms with Crippen molar-refractivity contribution in [3.8, 4) is 0 Å². The van der Waals surface area contributed by atoms with Crippen LogP contribution in [0.2, 0.25) is 0 Å². The maximum absolute atomic E-state index is 3.90. The molecule has 1 heteroatoms. The summed E-state index contributed by atoms with van der Waals surface area (Å²) in [5.74, 6) is 0. The fraction of sp³-hybridized carbons (Fsp3) is 0.889. The van der Waals surface area contributed by atoms with Crippen LogP contribution in [0.1, 0.15) is 44.9 Å². The first-order valence-electron chi connectivity index (χ1n) is 4.34. The molecule has 0 atom stereocenters. The van der Waals surface area contributed by atoms with Crippen molar-refractivity contribution in [2.24, 2.45) is 0 Å². The molecule has 0 N–H and O–H groups in total. The minimum atomic E-state index is 0.875. The van der Waals surface area contributed by atoms with E-state index in [1.54, 1.807) is 0 Å². The molecule has 0 unspecified atom stereocenters. The van der Waals surface area contributed by atoms with Gasteiger partial charge in [-0.2, -0.15) is 11.8 Å². The number of thioether (sulfide) groups is 1. The normalized spacial score (nSPS) is 23.7. The minimum absolute atomic E-state index is 0.875. The quantitative estimate of drug-likeness (QED) is 0.560. The predicted molar refractivity (Wildman–Crippen MR) is 49.1 cm³/mol. The average Bonchev–Trinajstić information content (AvgIpc) is 1.87. The van der Waals surface area contributed by atoms with Crippen molar-refractivity contribution in [1.82, 2.24) is 0 Å². The van der Waals surface area contributed by atoms with E-state index in [0.29, 0.717) is 0 Å². The van der Waals surface area contributed by atoms with Crippen LogP contribution >= 0.6 is 11.8 Å². The Morgan fingerprint density at radius 2 is 1.40 bits per heavy atom. The Morgan fingerprint density at radius 3 is 1.90 bits per heavy atom. The zero-order chi connectivity index (χ0) is 7.23. The number of rotatable bonds is 1. The molecule has 1 rings (SSSR count). The second-order valence-electron chi connectivity index (χ2n) is 3.13. The van der Waals surface area contributed by atoms with Gasteiger partial charge in [0.15, 0.2) is 0 Å². The van der Waals surface area contributed by atoms with Crippen molar-refractivity contribution >= 4 is 11.8 Å². The van der Waals surface area contributed by atoms with E-state index in [4.69, 9.17) is 0 Å². The smallest absolute Gasteiger partial charge is 0.00473 e. The van der Waals surface area contributed by atoms with Gasteiger partial charge >= 0.3 is 0 Å². The molecule has 0 aromatic carbocycles. The topological polar surface area (TPSA) is 0 Å². The molecular formula is C9H17S. The summed E-state index contributed by atoms with van der Waals surface area (Å²) in [5, 5.41) is 0.875. The molecule has 1 aliphatic rings. The van der Waals surface area contributed by atoms with Crippen LogP contribution in [0.5, 0.6) is 0 Å². The standard InChI is InChI=1S/C9H17S/c1-10-9-7-5-3-2-4-6-8-9/h9H,1-8H2. The van der Waals surface area contributed by atoms with Gasteiger partial charge in [-0.05, 0) is 12.8 Å². The molecule has 10 heavy (non-hydrogen) atoms. The first-order chi connectivity index (χ1) is 4.93. The van der Waals surface area contributed by atoms with E-state index in [1.165, 1.54) is 44.9 Å². The monoisotopic (exact) mass is 157 g/mol. The SMILES string of the molecule is [CH2]SC1CCCCCCC1. The van der Waals surface area contributed by atoms with Gasteiger partial charge in [0.05, 0.1) is 0 Å². The second-order valence-corrected chi connectivity index (χ2v) is 4.13. The molecule has 0 spiro atoms. The van der Waals surface area contributed by atoms with E-state index >= 15 is 0 Å². The first-order valence-corrected chi connectivity index (χ1v) is 5.39. The molecule has 0 aromatic rings. The predicted octanol–water partition coefficient (Wildman–Crippen LogP) is 3.62. The summed E-state index contributed by atoms with van der Waals surface area (Å²) in [4.78, 5) is 0. The fourth-order valence-corrected chi connectivity index (χ4v) is 2.25. The number of hydrogen-bond acceptors (Lipinski definition) is 1. The second kappa shape index (κ2) is 5.06. The molecule has 0 bridgehead atoms. The fourth-order valence-electron chi connectivity index (χ4n) is 1.59. The largest absolute Gasteiger partial charge is 0.158 e. The lowest BCUT2D eigenvalue weighted by molar-refractivity contribution is 0.513. The molecule has 0 nitrogen and oxygen atoms in total. The van der Waals surface area contributed by atoms with Gasteiger partial charge in [-0.25, -0.2) is 0 Å². The first kappa shape index (κ1) is 8.45. The molecule has 0 aromatic heterocycles. The van der Waals surface area contributed by atoms with E-state index < -0.39 is 0 Å². The van der Waals surface area contributed by atoms with Crippen molar-refractivity contribution in [3.05, 3.63) is 6.26 Å². The summed E-state index contributed by atoms with van der Waals surface area (Å²) >= 11 is 1.82. The highest BCUT2D eigenvalue weighted by Crippen LogP contribution is 2.25. The van der Waals surface area contributed by atoms with Gasteiger partial charge in [0.2, 0.25) is 0 Å². The van der Waals surface area contributed by atoms with E-state index in [-0.39, 0.29) is 0 Å². The Bertz CT molecular complexity index is 72.8. The molecule has 0 saturated heterocycles. The van der Waals surface area contributed by atoms with Gasteiger partial charge in [0.25, 0.3) is 0 Å². The van der Waals surface area contributed by atoms with Crippen molar-refractivity contribution < 1.29 is 0 Å². The minimum Gasteiger partial charge on any atom is -0.158 e. The number of hydrogen-bond donors (Lipinski definition) is 0. The summed E-state index contributed by atoms with van der Waals surface area (Å²) < 4.78 is 0. The molecule has 0 amide bonds.